The van der Waals surface area contributed by atoms with Crippen molar-refractivity contribution in [3.63, 3.8) is 0 Å². The van der Waals surface area contributed by atoms with Crippen molar-refractivity contribution in [3.05, 3.63) is 0 Å². The van der Waals surface area contributed by atoms with E-state index in [9.17, 15) is 9.28 Å². The van der Waals surface area contributed by atoms with Gasteiger partial charge >= 0.3 is 5.97 Å². The molecule has 0 amide bonds. The molecular formula is C8H16FNO2. The number of rotatable bonds is 3. The Hall–Kier alpha value is -0.640. The third-order valence-corrected chi connectivity index (χ3v) is 1.23. The quantitative estimate of drug-likeness (QED) is 0.525. The summed E-state index contributed by atoms with van der Waals surface area (Å²) < 4.78 is 16.9. The molecule has 0 saturated heterocycles. The molecule has 0 rings (SSSR count). The smallest absolute Gasteiger partial charge is 0.326 e. The number of hydrogen-bond donors (Lipinski definition) is 1. The summed E-state index contributed by atoms with van der Waals surface area (Å²) in [6.07, 6.45) is 0.380. The molecule has 72 valence electrons. The monoisotopic (exact) mass is 177 g/mol. The van der Waals surface area contributed by atoms with Gasteiger partial charge in [0.25, 0.3) is 0 Å². The zero-order valence-electron chi connectivity index (χ0n) is 7.98. The van der Waals surface area contributed by atoms with E-state index in [-0.39, 0.29) is 0 Å². The lowest BCUT2D eigenvalue weighted by molar-refractivity contribution is -0.159. The number of carbonyl (C=O) groups excluding carboxylic acids is 1. The van der Waals surface area contributed by atoms with E-state index in [0.717, 1.165) is 0 Å². The van der Waals surface area contributed by atoms with Crippen molar-refractivity contribution >= 4 is 5.97 Å². The number of ether oxygens (including phenoxy) is 1. The number of esters is 1. The Morgan fingerprint density at radius 2 is 2.08 bits per heavy atom. The summed E-state index contributed by atoms with van der Waals surface area (Å²) in [5.41, 5.74) is 0.845. The Balaban J connectivity index is 4.02. The molecule has 0 saturated carbocycles. The van der Waals surface area contributed by atoms with E-state index in [2.05, 4.69) is 0 Å². The summed E-state index contributed by atoms with van der Waals surface area (Å²) in [5.74, 6) is -0.549. The van der Waals surface area contributed by atoms with Crippen molar-refractivity contribution in [2.75, 3.05) is 0 Å². The van der Waals surface area contributed by atoms with Crippen LogP contribution in [-0.4, -0.2) is 17.6 Å². The molecule has 0 spiro atoms. The van der Waals surface area contributed by atoms with Gasteiger partial charge in [0, 0.05) is 0 Å². The van der Waals surface area contributed by atoms with Crippen LogP contribution >= 0.6 is 0 Å². The van der Waals surface area contributed by atoms with Crippen LogP contribution in [0.25, 0.3) is 0 Å². The van der Waals surface area contributed by atoms with Crippen molar-refractivity contribution in [1.29, 1.82) is 0 Å². The lowest BCUT2D eigenvalue weighted by Gasteiger charge is -2.22. The van der Waals surface area contributed by atoms with Gasteiger partial charge < -0.3 is 4.74 Å². The largest absolute Gasteiger partial charge is 0.459 e. The maximum absolute atomic E-state index is 11.9. The standard InChI is InChI=1S/C8H16FNO2/c1-5-6(10-9)7(11)12-8(2,3)4/h6,10H,5H2,1-4H3. The van der Waals surface area contributed by atoms with Gasteiger partial charge in [-0.05, 0) is 27.2 Å². The first kappa shape index (κ1) is 11.4. The maximum Gasteiger partial charge on any atom is 0.326 e. The third-order valence-electron chi connectivity index (χ3n) is 1.23. The molecule has 1 atom stereocenters. The number of hydrogen-bond acceptors (Lipinski definition) is 3. The predicted molar refractivity (Wildman–Crippen MR) is 44.2 cm³/mol. The van der Waals surface area contributed by atoms with E-state index in [1.807, 2.05) is 0 Å². The Kier molecular flexibility index (Phi) is 4.17. The van der Waals surface area contributed by atoms with Crippen molar-refractivity contribution in [2.45, 2.75) is 45.8 Å². The second-order valence-electron chi connectivity index (χ2n) is 3.60. The summed E-state index contributed by atoms with van der Waals surface area (Å²) >= 11 is 0. The molecule has 4 heteroatoms. The molecule has 0 fully saturated rings. The van der Waals surface area contributed by atoms with Crippen molar-refractivity contribution in [1.82, 2.24) is 5.54 Å². The number of halogens is 1. The molecule has 1 N–H and O–H groups in total. The summed E-state index contributed by atoms with van der Waals surface area (Å²) in [6, 6.07) is -0.843. The highest BCUT2D eigenvalue weighted by Gasteiger charge is 2.23. The molecule has 0 aromatic carbocycles. The van der Waals surface area contributed by atoms with Crippen LogP contribution < -0.4 is 5.54 Å². The minimum atomic E-state index is -0.843. The SMILES string of the molecule is CCC(NF)C(=O)OC(C)(C)C. The minimum absolute atomic E-state index is 0.380. The summed E-state index contributed by atoms with van der Waals surface area (Å²) in [5, 5.41) is 0. The van der Waals surface area contributed by atoms with E-state index in [1.54, 1.807) is 27.7 Å². The zero-order valence-corrected chi connectivity index (χ0v) is 7.98. The molecule has 0 heterocycles. The molecule has 0 aromatic heterocycles. The number of carbonyl (C=O) groups is 1. The van der Waals surface area contributed by atoms with E-state index >= 15 is 0 Å². The Morgan fingerprint density at radius 3 is 2.33 bits per heavy atom. The van der Waals surface area contributed by atoms with Crippen LogP contribution in [0.1, 0.15) is 34.1 Å². The molecule has 3 nitrogen and oxygen atoms in total. The number of nitrogens with one attached hydrogen (secondary N) is 1. The summed E-state index contributed by atoms with van der Waals surface area (Å²) in [6.45, 7) is 6.95. The van der Waals surface area contributed by atoms with Gasteiger partial charge in [-0.15, -0.1) is 10.0 Å². The maximum atomic E-state index is 11.9. The van der Waals surface area contributed by atoms with Gasteiger partial charge in [-0.3, -0.25) is 4.79 Å². The average Bonchev–Trinajstić information content (AvgIpc) is 1.85. The molecule has 0 aromatic rings. The van der Waals surface area contributed by atoms with Gasteiger partial charge in [0.15, 0.2) is 0 Å². The molecule has 0 radical (unpaired) electrons. The highest BCUT2D eigenvalue weighted by Crippen LogP contribution is 2.09. The van der Waals surface area contributed by atoms with Crippen molar-refractivity contribution in [3.8, 4) is 0 Å². The Bertz CT molecular complexity index is 150. The second kappa shape index (κ2) is 4.40. The zero-order chi connectivity index (χ0) is 9.78. The topological polar surface area (TPSA) is 38.3 Å². The van der Waals surface area contributed by atoms with E-state index in [4.69, 9.17) is 4.74 Å². The third kappa shape index (κ3) is 4.28. The fourth-order valence-corrected chi connectivity index (χ4v) is 0.661. The Labute approximate surface area is 72.2 Å². The van der Waals surface area contributed by atoms with Crippen LogP contribution in [0, 0.1) is 0 Å². The first-order chi connectivity index (χ1) is 5.40. The van der Waals surface area contributed by atoms with Crippen molar-refractivity contribution < 1.29 is 14.0 Å². The van der Waals surface area contributed by atoms with Crippen LogP contribution in [0.15, 0.2) is 0 Å². The van der Waals surface area contributed by atoms with E-state index < -0.39 is 17.6 Å². The second-order valence-corrected chi connectivity index (χ2v) is 3.60. The van der Waals surface area contributed by atoms with Gasteiger partial charge in [0.2, 0.25) is 0 Å². The average molecular weight is 177 g/mol. The van der Waals surface area contributed by atoms with E-state index in [0.29, 0.717) is 6.42 Å². The Morgan fingerprint density at radius 1 is 1.58 bits per heavy atom. The van der Waals surface area contributed by atoms with Crippen LogP contribution in [0.3, 0.4) is 0 Å². The molecule has 1 unspecified atom stereocenters. The minimum Gasteiger partial charge on any atom is -0.459 e. The molecule has 0 bridgehead atoms. The van der Waals surface area contributed by atoms with Gasteiger partial charge in [-0.1, -0.05) is 6.92 Å². The highest BCUT2D eigenvalue weighted by molar-refractivity contribution is 5.75. The van der Waals surface area contributed by atoms with Crippen LogP contribution in [0.5, 0.6) is 0 Å². The van der Waals surface area contributed by atoms with Gasteiger partial charge in [-0.25, -0.2) is 0 Å². The van der Waals surface area contributed by atoms with Crippen LogP contribution in [0.4, 0.5) is 4.48 Å². The first-order valence-electron chi connectivity index (χ1n) is 3.99. The van der Waals surface area contributed by atoms with Crippen LogP contribution in [-0.2, 0) is 9.53 Å². The van der Waals surface area contributed by atoms with Gasteiger partial charge in [0.1, 0.15) is 11.6 Å². The lowest BCUT2D eigenvalue weighted by Crippen LogP contribution is -2.37. The molecule has 12 heavy (non-hydrogen) atoms. The molecule has 0 aliphatic carbocycles. The summed E-state index contributed by atoms with van der Waals surface area (Å²) in [4.78, 5) is 11.1. The first-order valence-corrected chi connectivity index (χ1v) is 3.99. The molecule has 0 aliphatic heterocycles. The molecular weight excluding hydrogens is 161 g/mol. The molecule has 0 aliphatic rings. The normalized spacial score (nSPS) is 14.1. The lowest BCUT2D eigenvalue weighted by atomic mass is 10.2. The fourth-order valence-electron chi connectivity index (χ4n) is 0.661. The van der Waals surface area contributed by atoms with Gasteiger partial charge in [0.05, 0.1) is 0 Å². The van der Waals surface area contributed by atoms with Crippen molar-refractivity contribution in [2.24, 2.45) is 0 Å². The highest BCUT2D eigenvalue weighted by atomic mass is 19.2. The van der Waals surface area contributed by atoms with Gasteiger partial charge in [-0.2, -0.15) is 0 Å². The fraction of sp³-hybridized carbons (Fsp3) is 0.875. The predicted octanol–water partition coefficient (Wildman–Crippen LogP) is 1.58. The van der Waals surface area contributed by atoms with Crippen LogP contribution in [0.2, 0.25) is 0 Å². The summed E-state index contributed by atoms with van der Waals surface area (Å²) in [7, 11) is 0. The van der Waals surface area contributed by atoms with E-state index in [1.165, 1.54) is 5.54 Å².